The Kier molecular flexibility index (Phi) is 5.09. The van der Waals surface area contributed by atoms with Gasteiger partial charge in [0.25, 0.3) is 5.56 Å². The molecule has 0 fully saturated rings. The van der Waals surface area contributed by atoms with Gasteiger partial charge in [0.05, 0.1) is 0 Å². The third-order valence-electron chi connectivity index (χ3n) is 4.09. The zero-order valence-corrected chi connectivity index (χ0v) is 13.8. The van der Waals surface area contributed by atoms with Crippen molar-refractivity contribution in [2.24, 2.45) is 0 Å². The first-order valence-electron chi connectivity index (χ1n) is 8.17. The van der Waals surface area contributed by atoms with Gasteiger partial charge in [-0.3, -0.25) is 9.59 Å². The van der Waals surface area contributed by atoms with Crippen molar-refractivity contribution in [1.29, 1.82) is 0 Å². The number of hydrogen-bond acceptors (Lipinski definition) is 2. The predicted molar refractivity (Wildman–Crippen MR) is 97.6 cm³/mol. The van der Waals surface area contributed by atoms with Gasteiger partial charge in [-0.2, -0.15) is 0 Å². The van der Waals surface area contributed by atoms with Crippen molar-refractivity contribution in [3.63, 3.8) is 0 Å². The summed E-state index contributed by atoms with van der Waals surface area (Å²) in [7, 11) is 0. The number of aromatic nitrogens is 1. The fraction of sp³-hybridized carbons (Fsp3) is 0.143. The Morgan fingerprint density at radius 2 is 1.56 bits per heavy atom. The molecule has 0 saturated heterocycles. The molecule has 4 heteroatoms. The maximum atomic E-state index is 11.8. The number of carbonyl (C=O) groups is 1. The van der Waals surface area contributed by atoms with Crippen molar-refractivity contribution >= 4 is 5.97 Å². The number of nitrogens with zero attached hydrogens (tertiary/aromatic N) is 1. The molecule has 0 spiro atoms. The minimum absolute atomic E-state index is 0.314. The second-order valence-corrected chi connectivity index (χ2v) is 5.96. The highest BCUT2D eigenvalue weighted by atomic mass is 16.4. The van der Waals surface area contributed by atoms with E-state index in [1.807, 2.05) is 30.3 Å². The minimum atomic E-state index is -1.03. The van der Waals surface area contributed by atoms with E-state index in [9.17, 15) is 9.59 Å². The maximum Gasteiger partial charge on any atom is 0.323 e. The van der Waals surface area contributed by atoms with Crippen LogP contribution in [0, 0.1) is 0 Å². The Morgan fingerprint density at radius 3 is 2.32 bits per heavy atom. The van der Waals surface area contributed by atoms with Crippen molar-refractivity contribution in [2.75, 3.05) is 0 Å². The average molecular weight is 333 g/mol. The van der Waals surface area contributed by atoms with Crippen LogP contribution in [0.1, 0.15) is 11.1 Å². The lowest BCUT2D eigenvalue weighted by atomic mass is 10.00. The van der Waals surface area contributed by atoms with Crippen LogP contribution in [0.3, 0.4) is 0 Å². The Bertz CT molecular complexity index is 929. The van der Waals surface area contributed by atoms with Gasteiger partial charge < -0.3 is 9.67 Å². The van der Waals surface area contributed by atoms with Crippen molar-refractivity contribution in [3.05, 3.63) is 94.4 Å². The van der Waals surface area contributed by atoms with Crippen LogP contribution >= 0.6 is 0 Å². The summed E-state index contributed by atoms with van der Waals surface area (Å²) in [5.74, 6) is -1.03. The third-order valence-corrected chi connectivity index (χ3v) is 4.09. The number of benzene rings is 2. The van der Waals surface area contributed by atoms with Crippen LogP contribution in [-0.4, -0.2) is 15.6 Å². The van der Waals surface area contributed by atoms with Gasteiger partial charge >= 0.3 is 5.97 Å². The molecule has 0 unspecified atom stereocenters. The molecule has 0 aliphatic rings. The molecule has 0 atom stereocenters. The smallest absolute Gasteiger partial charge is 0.323 e. The van der Waals surface area contributed by atoms with Crippen molar-refractivity contribution < 1.29 is 9.90 Å². The molecule has 1 heterocycles. The number of aryl methyl sites for hydroxylation is 2. The molecule has 0 aliphatic carbocycles. The summed E-state index contributed by atoms with van der Waals surface area (Å²) >= 11 is 0. The molecule has 0 radical (unpaired) electrons. The molecule has 0 bridgehead atoms. The molecule has 1 N–H and O–H groups in total. The summed E-state index contributed by atoms with van der Waals surface area (Å²) < 4.78 is 1.22. The number of hydrogen-bond donors (Lipinski definition) is 1. The van der Waals surface area contributed by atoms with Crippen LogP contribution in [0.25, 0.3) is 11.1 Å². The second kappa shape index (κ2) is 7.62. The highest BCUT2D eigenvalue weighted by Crippen LogP contribution is 2.20. The summed E-state index contributed by atoms with van der Waals surface area (Å²) in [6, 6.07) is 21.6. The summed E-state index contributed by atoms with van der Waals surface area (Å²) in [4.78, 5) is 22.6. The molecular formula is C21H19NO3. The number of pyridine rings is 1. The Labute approximate surface area is 146 Å². The molecule has 3 rings (SSSR count). The molecule has 3 aromatic rings. The van der Waals surface area contributed by atoms with Crippen molar-refractivity contribution in [2.45, 2.75) is 19.4 Å². The van der Waals surface area contributed by atoms with E-state index < -0.39 is 5.97 Å². The lowest BCUT2D eigenvalue weighted by molar-refractivity contribution is -0.137. The molecule has 2 aromatic carbocycles. The van der Waals surface area contributed by atoms with Crippen molar-refractivity contribution in [3.8, 4) is 11.1 Å². The summed E-state index contributed by atoms with van der Waals surface area (Å²) in [6.07, 6.45) is 3.49. The molecule has 0 amide bonds. The molecular weight excluding hydrogens is 314 g/mol. The van der Waals surface area contributed by atoms with E-state index in [2.05, 4.69) is 24.3 Å². The van der Waals surface area contributed by atoms with E-state index in [0.29, 0.717) is 0 Å². The zero-order valence-electron chi connectivity index (χ0n) is 13.8. The van der Waals surface area contributed by atoms with Gasteiger partial charge in [-0.25, -0.2) is 0 Å². The summed E-state index contributed by atoms with van der Waals surface area (Å²) in [6.45, 7) is -0.333. The fourth-order valence-electron chi connectivity index (χ4n) is 2.81. The van der Waals surface area contributed by atoms with Crippen LogP contribution in [-0.2, 0) is 24.2 Å². The number of carboxylic acids is 1. The number of carboxylic acid groups (broad SMARTS) is 1. The average Bonchev–Trinajstić information content (AvgIpc) is 2.62. The van der Waals surface area contributed by atoms with Crippen LogP contribution in [0.2, 0.25) is 0 Å². The van der Waals surface area contributed by atoms with E-state index in [-0.39, 0.29) is 12.1 Å². The first-order chi connectivity index (χ1) is 12.1. The molecule has 1 aromatic heterocycles. The maximum absolute atomic E-state index is 11.8. The lowest BCUT2D eigenvalue weighted by Gasteiger charge is -2.08. The molecule has 4 nitrogen and oxygen atoms in total. The topological polar surface area (TPSA) is 59.3 Å². The molecule has 0 saturated carbocycles. The van der Waals surface area contributed by atoms with Crippen LogP contribution in [0.5, 0.6) is 0 Å². The van der Waals surface area contributed by atoms with Crippen LogP contribution < -0.4 is 5.56 Å². The zero-order chi connectivity index (χ0) is 17.6. The Hall–Kier alpha value is -3.14. The van der Waals surface area contributed by atoms with E-state index in [0.717, 1.165) is 24.0 Å². The van der Waals surface area contributed by atoms with Gasteiger partial charge in [0.1, 0.15) is 6.54 Å². The Morgan fingerprint density at radius 1 is 0.840 bits per heavy atom. The predicted octanol–water partition coefficient (Wildman–Crippen LogP) is 3.39. The number of aliphatic carboxylic acids is 1. The first-order valence-corrected chi connectivity index (χ1v) is 8.17. The third kappa shape index (κ3) is 4.44. The SMILES string of the molecule is O=C(O)Cn1cc(-c2cccc(CCc3ccccc3)c2)ccc1=O. The van der Waals surface area contributed by atoms with E-state index >= 15 is 0 Å². The highest BCUT2D eigenvalue weighted by Gasteiger charge is 2.06. The van der Waals surface area contributed by atoms with Crippen molar-refractivity contribution in [1.82, 2.24) is 4.57 Å². The molecule has 25 heavy (non-hydrogen) atoms. The monoisotopic (exact) mass is 333 g/mol. The fourth-order valence-corrected chi connectivity index (χ4v) is 2.81. The first kappa shape index (κ1) is 16.7. The quantitative estimate of drug-likeness (QED) is 0.752. The normalized spacial score (nSPS) is 10.6. The van der Waals surface area contributed by atoms with E-state index in [1.165, 1.54) is 21.8 Å². The summed E-state index contributed by atoms with van der Waals surface area (Å²) in [5, 5.41) is 8.92. The van der Waals surface area contributed by atoms with Gasteiger partial charge in [0.2, 0.25) is 0 Å². The van der Waals surface area contributed by atoms with Gasteiger partial charge in [-0.1, -0.05) is 54.6 Å². The Balaban J connectivity index is 1.81. The van der Waals surface area contributed by atoms with Crippen LogP contribution in [0.4, 0.5) is 0 Å². The number of rotatable bonds is 6. The van der Waals surface area contributed by atoms with Gasteiger partial charge in [-0.05, 0) is 41.2 Å². The lowest BCUT2D eigenvalue weighted by Crippen LogP contribution is -2.22. The van der Waals surface area contributed by atoms with Gasteiger partial charge in [0, 0.05) is 12.3 Å². The highest BCUT2D eigenvalue weighted by molar-refractivity contribution is 5.67. The molecule has 0 aliphatic heterocycles. The van der Waals surface area contributed by atoms with E-state index in [1.54, 1.807) is 12.3 Å². The minimum Gasteiger partial charge on any atom is -0.480 e. The largest absolute Gasteiger partial charge is 0.480 e. The second-order valence-electron chi connectivity index (χ2n) is 5.96. The standard InChI is InChI=1S/C21H19NO3/c23-20-12-11-19(14-22(20)15-21(24)25)18-8-4-7-17(13-18)10-9-16-5-2-1-3-6-16/h1-8,11-14H,9-10,15H2,(H,24,25). The van der Waals surface area contributed by atoms with Crippen LogP contribution in [0.15, 0.2) is 77.7 Å². The molecule has 126 valence electrons. The van der Waals surface area contributed by atoms with Gasteiger partial charge in [-0.15, -0.1) is 0 Å². The summed E-state index contributed by atoms with van der Waals surface area (Å²) in [5.41, 5.74) is 4.00. The van der Waals surface area contributed by atoms with E-state index in [4.69, 9.17) is 5.11 Å². The van der Waals surface area contributed by atoms with Gasteiger partial charge in [0.15, 0.2) is 0 Å².